The highest BCUT2D eigenvalue weighted by molar-refractivity contribution is 4.96. The van der Waals surface area contributed by atoms with Gasteiger partial charge in [0.1, 0.15) is 0 Å². The van der Waals surface area contributed by atoms with E-state index in [0.717, 1.165) is 19.3 Å². The highest BCUT2D eigenvalue weighted by Crippen LogP contribution is 2.41. The van der Waals surface area contributed by atoms with E-state index in [0.29, 0.717) is 12.8 Å². The van der Waals surface area contributed by atoms with Gasteiger partial charge in [0.2, 0.25) is 0 Å². The normalized spacial score (nSPS) is 26.3. The topological polar surface area (TPSA) is 12.0 Å². The fourth-order valence-corrected chi connectivity index (χ4v) is 2.86. The summed E-state index contributed by atoms with van der Waals surface area (Å²) in [6.45, 7) is 1.79. The lowest BCUT2D eigenvalue weighted by atomic mass is 9.76. The van der Waals surface area contributed by atoms with Crippen LogP contribution >= 0.6 is 0 Å². The first-order valence-corrected chi connectivity index (χ1v) is 6.62. The van der Waals surface area contributed by atoms with Crippen LogP contribution in [0.5, 0.6) is 0 Å². The van der Waals surface area contributed by atoms with Gasteiger partial charge in [0.05, 0.1) is 5.92 Å². The second kappa shape index (κ2) is 7.04. The molecule has 0 spiro atoms. The van der Waals surface area contributed by atoms with Crippen LogP contribution in [0.3, 0.4) is 0 Å². The standard InChI is InChI=1S/C14H22F3N/c1-3-4-5-9-13(18-2)11-7-6-8-12(10-11)14(15,16)17/h11-13,18H,5-10H2,1-2H3. The number of alkyl halides is 3. The zero-order chi connectivity index (χ0) is 13.6. The summed E-state index contributed by atoms with van der Waals surface area (Å²) in [7, 11) is 1.83. The Kier molecular flexibility index (Phi) is 6.01. The second-order valence-electron chi connectivity index (χ2n) is 5.03. The molecule has 1 rings (SSSR count). The van der Waals surface area contributed by atoms with E-state index < -0.39 is 12.1 Å². The van der Waals surface area contributed by atoms with Crippen molar-refractivity contribution in [1.29, 1.82) is 0 Å². The summed E-state index contributed by atoms with van der Waals surface area (Å²) in [6, 6.07) is 0.163. The van der Waals surface area contributed by atoms with Gasteiger partial charge in [-0.15, -0.1) is 11.8 Å². The van der Waals surface area contributed by atoms with Crippen molar-refractivity contribution < 1.29 is 13.2 Å². The van der Waals surface area contributed by atoms with Crippen molar-refractivity contribution in [3.8, 4) is 11.8 Å². The summed E-state index contributed by atoms with van der Waals surface area (Å²) >= 11 is 0. The molecule has 1 aliphatic carbocycles. The Labute approximate surface area is 108 Å². The molecular formula is C14H22F3N. The van der Waals surface area contributed by atoms with Gasteiger partial charge in [0.25, 0.3) is 0 Å². The van der Waals surface area contributed by atoms with E-state index in [-0.39, 0.29) is 18.4 Å². The van der Waals surface area contributed by atoms with Crippen LogP contribution in [0.1, 0.15) is 45.4 Å². The molecule has 1 aliphatic rings. The minimum atomic E-state index is -4.03. The molecule has 1 saturated carbocycles. The monoisotopic (exact) mass is 261 g/mol. The summed E-state index contributed by atoms with van der Waals surface area (Å²) in [5.74, 6) is 4.83. The van der Waals surface area contributed by atoms with Crippen LogP contribution in [0.2, 0.25) is 0 Å². The van der Waals surface area contributed by atoms with Gasteiger partial charge in [-0.1, -0.05) is 6.42 Å². The third-order valence-electron chi connectivity index (χ3n) is 3.87. The first-order chi connectivity index (χ1) is 8.49. The zero-order valence-electron chi connectivity index (χ0n) is 11.1. The highest BCUT2D eigenvalue weighted by atomic mass is 19.4. The van der Waals surface area contributed by atoms with Crippen LogP contribution in [0.4, 0.5) is 13.2 Å². The highest BCUT2D eigenvalue weighted by Gasteiger charge is 2.43. The molecule has 0 aromatic carbocycles. The van der Waals surface area contributed by atoms with Gasteiger partial charge in [-0.25, -0.2) is 0 Å². The molecule has 1 fully saturated rings. The van der Waals surface area contributed by atoms with Gasteiger partial charge in [-0.2, -0.15) is 13.2 Å². The molecule has 104 valence electrons. The molecule has 0 radical (unpaired) electrons. The van der Waals surface area contributed by atoms with E-state index in [1.165, 1.54) is 0 Å². The Morgan fingerprint density at radius 1 is 1.33 bits per heavy atom. The Hall–Kier alpha value is -0.690. The van der Waals surface area contributed by atoms with E-state index in [2.05, 4.69) is 17.2 Å². The number of rotatable bonds is 4. The maximum Gasteiger partial charge on any atom is 0.391 e. The molecular weight excluding hydrogens is 239 g/mol. The third-order valence-corrected chi connectivity index (χ3v) is 3.87. The van der Waals surface area contributed by atoms with E-state index in [4.69, 9.17) is 0 Å². The summed E-state index contributed by atoms with van der Waals surface area (Å²) in [4.78, 5) is 0. The van der Waals surface area contributed by atoms with Crippen LogP contribution < -0.4 is 5.32 Å². The number of halogens is 3. The Balaban J connectivity index is 2.54. The first-order valence-electron chi connectivity index (χ1n) is 6.62. The quantitative estimate of drug-likeness (QED) is 0.760. The van der Waals surface area contributed by atoms with Crippen molar-refractivity contribution in [2.45, 2.75) is 57.7 Å². The lowest BCUT2D eigenvalue weighted by Crippen LogP contribution is -2.39. The molecule has 0 aromatic heterocycles. The van der Waals surface area contributed by atoms with E-state index >= 15 is 0 Å². The van der Waals surface area contributed by atoms with Crippen molar-refractivity contribution in [1.82, 2.24) is 5.32 Å². The summed E-state index contributed by atoms with van der Waals surface area (Å²) < 4.78 is 38.2. The molecule has 1 nitrogen and oxygen atoms in total. The molecule has 0 saturated heterocycles. The molecule has 0 aliphatic heterocycles. The zero-order valence-corrected chi connectivity index (χ0v) is 11.1. The van der Waals surface area contributed by atoms with Crippen LogP contribution in [0.25, 0.3) is 0 Å². The van der Waals surface area contributed by atoms with Gasteiger partial charge in [0, 0.05) is 12.5 Å². The summed E-state index contributed by atoms with van der Waals surface area (Å²) in [5.41, 5.74) is 0. The lowest BCUT2D eigenvalue weighted by Gasteiger charge is -2.35. The maximum absolute atomic E-state index is 12.7. The van der Waals surface area contributed by atoms with Gasteiger partial charge >= 0.3 is 6.18 Å². The first kappa shape index (κ1) is 15.4. The predicted octanol–water partition coefficient (Wildman–Crippen LogP) is 3.75. The molecule has 1 N–H and O–H groups in total. The van der Waals surface area contributed by atoms with E-state index in [9.17, 15) is 13.2 Å². The van der Waals surface area contributed by atoms with Crippen molar-refractivity contribution in [3.63, 3.8) is 0 Å². The smallest absolute Gasteiger partial charge is 0.317 e. The largest absolute Gasteiger partial charge is 0.391 e. The van der Waals surface area contributed by atoms with Gasteiger partial charge in [-0.05, 0) is 45.6 Å². The van der Waals surface area contributed by atoms with Gasteiger partial charge in [-0.3, -0.25) is 0 Å². The molecule has 4 heteroatoms. The number of nitrogens with one attached hydrogen (secondary N) is 1. The Morgan fingerprint density at radius 3 is 2.61 bits per heavy atom. The molecule has 3 unspecified atom stereocenters. The molecule has 3 atom stereocenters. The summed E-state index contributed by atoms with van der Waals surface area (Å²) in [5, 5.41) is 3.17. The Bertz CT molecular complexity index is 300. The molecule has 18 heavy (non-hydrogen) atoms. The SMILES string of the molecule is CC#CCCC(NC)C1CCCC(C(F)(F)F)C1. The maximum atomic E-state index is 12.7. The van der Waals surface area contributed by atoms with Gasteiger partial charge < -0.3 is 5.32 Å². The van der Waals surface area contributed by atoms with Gasteiger partial charge in [0.15, 0.2) is 0 Å². The van der Waals surface area contributed by atoms with Crippen LogP contribution in [0, 0.1) is 23.7 Å². The predicted molar refractivity (Wildman–Crippen MR) is 67.0 cm³/mol. The number of hydrogen-bond donors (Lipinski definition) is 1. The van der Waals surface area contributed by atoms with E-state index in [1.807, 2.05) is 7.05 Å². The second-order valence-corrected chi connectivity index (χ2v) is 5.03. The van der Waals surface area contributed by atoms with Crippen molar-refractivity contribution in [2.75, 3.05) is 7.05 Å². The molecule has 0 aromatic rings. The van der Waals surface area contributed by atoms with Crippen molar-refractivity contribution in [2.24, 2.45) is 11.8 Å². The van der Waals surface area contributed by atoms with Crippen LogP contribution in [0.15, 0.2) is 0 Å². The fraction of sp³-hybridized carbons (Fsp3) is 0.857. The van der Waals surface area contributed by atoms with Crippen molar-refractivity contribution in [3.05, 3.63) is 0 Å². The molecule has 0 heterocycles. The molecule has 0 bridgehead atoms. The van der Waals surface area contributed by atoms with Crippen LogP contribution in [-0.2, 0) is 0 Å². The average molecular weight is 261 g/mol. The molecule has 0 amide bonds. The van der Waals surface area contributed by atoms with E-state index in [1.54, 1.807) is 6.92 Å². The van der Waals surface area contributed by atoms with Crippen LogP contribution in [-0.4, -0.2) is 19.3 Å². The Morgan fingerprint density at radius 2 is 2.06 bits per heavy atom. The third kappa shape index (κ3) is 4.53. The average Bonchev–Trinajstić information content (AvgIpc) is 2.34. The fourth-order valence-electron chi connectivity index (χ4n) is 2.86. The minimum Gasteiger partial charge on any atom is -0.317 e. The van der Waals surface area contributed by atoms with Crippen molar-refractivity contribution >= 4 is 0 Å². The summed E-state index contributed by atoms with van der Waals surface area (Å²) in [6.07, 6.45) is -0.272. The lowest BCUT2D eigenvalue weighted by molar-refractivity contribution is -0.186. The number of hydrogen-bond acceptors (Lipinski definition) is 1. The minimum absolute atomic E-state index is 0.133.